The fraction of sp³-hybridized carbons (Fsp3) is 0.300. The summed E-state index contributed by atoms with van der Waals surface area (Å²) < 4.78 is 0. The van der Waals surface area contributed by atoms with Gasteiger partial charge in [0.05, 0.1) is 6.04 Å². The van der Waals surface area contributed by atoms with Crippen LogP contribution < -0.4 is 5.32 Å². The summed E-state index contributed by atoms with van der Waals surface area (Å²) in [7, 11) is 0. The summed E-state index contributed by atoms with van der Waals surface area (Å²) >= 11 is 0. The molecule has 0 saturated carbocycles. The Hall–Kier alpha value is -2.02. The first-order valence-corrected chi connectivity index (χ1v) is 7.49. The third kappa shape index (κ3) is 3.75. The van der Waals surface area contributed by atoms with Crippen LogP contribution in [0.15, 0.2) is 84.7 Å². The second kappa shape index (κ2) is 8.31. The van der Waals surface area contributed by atoms with Gasteiger partial charge in [-0.05, 0) is 51.1 Å². The molecule has 0 saturated heterocycles. The third-order valence-electron chi connectivity index (χ3n) is 3.99. The standard InChI is InChI=1S/C20H27N/c1-6-10-14-18(9-4)20(5,17(8-3)13-7-2)19-15-11-12-16-21-19/h6-16,19,21H,1H2,2-5H3/b13-7-,14-10-,17-8+,18-9+. The molecule has 0 aromatic carbocycles. The van der Waals surface area contributed by atoms with E-state index in [9.17, 15) is 0 Å². The maximum absolute atomic E-state index is 3.78. The van der Waals surface area contributed by atoms with Crippen LogP contribution in [-0.2, 0) is 0 Å². The summed E-state index contributed by atoms with van der Waals surface area (Å²) in [6.45, 7) is 12.3. The Morgan fingerprint density at radius 3 is 2.24 bits per heavy atom. The Morgan fingerprint density at radius 1 is 1.10 bits per heavy atom. The molecule has 0 bridgehead atoms. The maximum atomic E-state index is 3.78. The van der Waals surface area contributed by atoms with Gasteiger partial charge in [-0.1, -0.05) is 61.3 Å². The van der Waals surface area contributed by atoms with E-state index in [-0.39, 0.29) is 11.5 Å². The van der Waals surface area contributed by atoms with Crippen molar-refractivity contribution in [2.45, 2.75) is 33.7 Å². The average Bonchev–Trinajstić information content (AvgIpc) is 2.53. The van der Waals surface area contributed by atoms with Gasteiger partial charge in [0.15, 0.2) is 0 Å². The Morgan fingerprint density at radius 2 is 1.76 bits per heavy atom. The van der Waals surface area contributed by atoms with E-state index in [0.29, 0.717) is 0 Å². The van der Waals surface area contributed by atoms with E-state index >= 15 is 0 Å². The van der Waals surface area contributed by atoms with Crippen LogP contribution in [0.5, 0.6) is 0 Å². The maximum Gasteiger partial charge on any atom is 0.0576 e. The van der Waals surface area contributed by atoms with Gasteiger partial charge < -0.3 is 5.32 Å². The van der Waals surface area contributed by atoms with E-state index in [1.807, 2.05) is 24.4 Å². The molecule has 0 radical (unpaired) electrons. The summed E-state index contributed by atoms with van der Waals surface area (Å²) in [5.74, 6) is 0. The lowest BCUT2D eigenvalue weighted by atomic mass is 9.68. The van der Waals surface area contributed by atoms with Gasteiger partial charge in [-0.25, -0.2) is 0 Å². The molecule has 1 N–H and O–H groups in total. The summed E-state index contributed by atoms with van der Waals surface area (Å²) in [6.07, 6.45) is 23.0. The molecule has 0 aliphatic carbocycles. The fourth-order valence-electron chi connectivity index (χ4n) is 2.82. The van der Waals surface area contributed by atoms with Gasteiger partial charge in [0.25, 0.3) is 0 Å². The lowest BCUT2D eigenvalue weighted by Crippen LogP contribution is -2.43. The van der Waals surface area contributed by atoms with Crippen molar-refractivity contribution in [3.05, 3.63) is 84.7 Å². The first kappa shape index (κ1) is 17.0. The first-order chi connectivity index (χ1) is 10.1. The summed E-state index contributed by atoms with van der Waals surface area (Å²) in [4.78, 5) is 0. The first-order valence-electron chi connectivity index (χ1n) is 7.49. The van der Waals surface area contributed by atoms with Crippen LogP contribution >= 0.6 is 0 Å². The number of dihydropyridines is 1. The highest BCUT2D eigenvalue weighted by Crippen LogP contribution is 2.41. The molecule has 1 rings (SSSR count). The highest BCUT2D eigenvalue weighted by atomic mass is 14.9. The molecular weight excluding hydrogens is 254 g/mol. The quantitative estimate of drug-likeness (QED) is 0.656. The number of rotatable bonds is 6. The summed E-state index contributed by atoms with van der Waals surface area (Å²) in [5.41, 5.74) is 2.42. The van der Waals surface area contributed by atoms with Crippen LogP contribution in [0.3, 0.4) is 0 Å². The van der Waals surface area contributed by atoms with Crippen molar-refractivity contribution in [3.63, 3.8) is 0 Å². The Kier molecular flexibility index (Phi) is 6.74. The van der Waals surface area contributed by atoms with E-state index in [1.165, 1.54) is 11.1 Å². The van der Waals surface area contributed by atoms with Crippen molar-refractivity contribution in [1.82, 2.24) is 5.32 Å². The topological polar surface area (TPSA) is 12.0 Å². The van der Waals surface area contributed by atoms with Gasteiger partial charge in [0.2, 0.25) is 0 Å². The molecule has 1 heteroatoms. The third-order valence-corrected chi connectivity index (χ3v) is 3.99. The minimum absolute atomic E-state index is 0.142. The lowest BCUT2D eigenvalue weighted by molar-refractivity contribution is 0.402. The highest BCUT2D eigenvalue weighted by Gasteiger charge is 2.37. The van der Waals surface area contributed by atoms with Gasteiger partial charge in [0, 0.05) is 5.41 Å². The van der Waals surface area contributed by atoms with Gasteiger partial charge in [0.1, 0.15) is 0 Å². The zero-order valence-corrected chi connectivity index (χ0v) is 13.6. The molecule has 112 valence electrons. The van der Waals surface area contributed by atoms with E-state index in [2.05, 4.69) is 82.1 Å². The van der Waals surface area contributed by atoms with Gasteiger partial charge >= 0.3 is 0 Å². The molecule has 1 nitrogen and oxygen atoms in total. The molecule has 1 heterocycles. The van der Waals surface area contributed by atoms with E-state index in [0.717, 1.165) is 0 Å². The van der Waals surface area contributed by atoms with Crippen LogP contribution in [0.25, 0.3) is 0 Å². The number of hydrogen-bond acceptors (Lipinski definition) is 1. The molecule has 2 atom stereocenters. The Labute approximate surface area is 129 Å². The van der Waals surface area contributed by atoms with Crippen LogP contribution in [0.2, 0.25) is 0 Å². The monoisotopic (exact) mass is 281 g/mol. The average molecular weight is 281 g/mol. The largest absolute Gasteiger partial charge is 0.383 e. The van der Waals surface area contributed by atoms with Crippen molar-refractivity contribution in [2.75, 3.05) is 0 Å². The number of allylic oxidation sites excluding steroid dienone is 9. The van der Waals surface area contributed by atoms with E-state index in [4.69, 9.17) is 0 Å². The molecule has 0 aromatic rings. The van der Waals surface area contributed by atoms with Crippen LogP contribution in [0, 0.1) is 5.41 Å². The zero-order chi connectivity index (χ0) is 15.7. The molecule has 0 spiro atoms. The smallest absolute Gasteiger partial charge is 0.0576 e. The Bertz CT molecular complexity index is 526. The summed E-state index contributed by atoms with van der Waals surface area (Å²) in [5, 5.41) is 3.48. The summed E-state index contributed by atoms with van der Waals surface area (Å²) in [6, 6.07) is 0.213. The van der Waals surface area contributed by atoms with Crippen molar-refractivity contribution in [2.24, 2.45) is 5.41 Å². The van der Waals surface area contributed by atoms with Crippen molar-refractivity contribution in [1.29, 1.82) is 0 Å². The molecule has 0 aromatic heterocycles. The van der Waals surface area contributed by atoms with Gasteiger partial charge in [-0.2, -0.15) is 0 Å². The number of hydrogen-bond donors (Lipinski definition) is 1. The molecule has 21 heavy (non-hydrogen) atoms. The molecule has 0 amide bonds. The van der Waals surface area contributed by atoms with Crippen molar-refractivity contribution in [3.8, 4) is 0 Å². The SMILES string of the molecule is C=C/C=C\C(=C/C)C(C)(C(/C=C\C)=C/C)C1C=CC=CN1. The molecule has 1 aliphatic heterocycles. The normalized spacial score (nSPS) is 22.6. The number of nitrogens with one attached hydrogen (secondary N) is 1. The van der Waals surface area contributed by atoms with E-state index in [1.54, 1.807) is 0 Å². The van der Waals surface area contributed by atoms with Gasteiger partial charge in [-0.15, -0.1) is 0 Å². The van der Waals surface area contributed by atoms with Crippen LogP contribution in [0.4, 0.5) is 0 Å². The van der Waals surface area contributed by atoms with Crippen LogP contribution in [0.1, 0.15) is 27.7 Å². The Balaban J connectivity index is 3.40. The molecular formula is C20H27N. The second-order valence-electron chi connectivity index (χ2n) is 5.17. The molecule has 1 aliphatic rings. The predicted molar refractivity (Wildman–Crippen MR) is 95.0 cm³/mol. The minimum atomic E-state index is -0.142. The van der Waals surface area contributed by atoms with Crippen molar-refractivity contribution >= 4 is 0 Å². The van der Waals surface area contributed by atoms with Crippen LogP contribution in [-0.4, -0.2) is 6.04 Å². The second-order valence-corrected chi connectivity index (χ2v) is 5.17. The van der Waals surface area contributed by atoms with Gasteiger partial charge in [-0.3, -0.25) is 0 Å². The molecule has 2 unspecified atom stereocenters. The zero-order valence-electron chi connectivity index (χ0n) is 13.6. The lowest BCUT2D eigenvalue weighted by Gasteiger charge is -2.40. The fourth-order valence-corrected chi connectivity index (χ4v) is 2.82. The predicted octanol–water partition coefficient (Wildman–Crippen LogP) is 5.25. The van der Waals surface area contributed by atoms with Crippen molar-refractivity contribution < 1.29 is 0 Å². The molecule has 0 fully saturated rings. The van der Waals surface area contributed by atoms with E-state index < -0.39 is 0 Å². The minimum Gasteiger partial charge on any atom is -0.383 e. The highest BCUT2D eigenvalue weighted by molar-refractivity contribution is 5.45.